The van der Waals surface area contributed by atoms with Gasteiger partial charge < -0.3 is 24.1 Å². The van der Waals surface area contributed by atoms with E-state index in [1.165, 1.54) is 11.1 Å². The number of esters is 1. The van der Waals surface area contributed by atoms with Crippen LogP contribution in [0.3, 0.4) is 0 Å². The number of aromatic nitrogens is 1. The van der Waals surface area contributed by atoms with Crippen molar-refractivity contribution in [2.24, 2.45) is 0 Å². The summed E-state index contributed by atoms with van der Waals surface area (Å²) in [7, 11) is 0. The molecule has 0 saturated heterocycles. The fourth-order valence-corrected chi connectivity index (χ4v) is 2.81. The van der Waals surface area contributed by atoms with E-state index in [4.69, 9.17) is 26.4 Å². The highest BCUT2D eigenvalue weighted by Gasteiger charge is 2.27. The van der Waals surface area contributed by atoms with Gasteiger partial charge in [0.05, 0.1) is 32.2 Å². The number of amides is 1. The zero-order valence-corrected chi connectivity index (χ0v) is 17.8. The molecule has 30 heavy (non-hydrogen) atoms. The summed E-state index contributed by atoms with van der Waals surface area (Å²) in [4.78, 5) is 28.2. The number of aryl methyl sites for hydroxylation is 1. The minimum atomic E-state index is -2.86. The molecule has 1 aromatic rings. The molecular weight excluding hydrogens is 427 g/mol. The summed E-state index contributed by atoms with van der Waals surface area (Å²) in [5.41, 5.74) is 0.940. The zero-order chi connectivity index (χ0) is 22.7. The quantitative estimate of drug-likeness (QED) is 0.392. The van der Waals surface area contributed by atoms with E-state index in [0.29, 0.717) is 5.56 Å². The van der Waals surface area contributed by atoms with E-state index in [-0.39, 0.29) is 42.9 Å². The minimum Gasteiger partial charge on any atom is -0.461 e. The normalized spacial score (nSPS) is 11.8. The van der Waals surface area contributed by atoms with Crippen molar-refractivity contribution < 1.29 is 37.0 Å². The van der Waals surface area contributed by atoms with Crippen molar-refractivity contribution in [1.29, 1.82) is 0 Å². The van der Waals surface area contributed by atoms with Gasteiger partial charge >= 0.3 is 12.1 Å². The number of carbonyl (C=O) groups excluding carboxylic acids is 2. The molecule has 1 atom stereocenters. The van der Waals surface area contributed by atoms with Crippen LogP contribution in [-0.2, 0) is 14.2 Å². The van der Waals surface area contributed by atoms with E-state index in [1.54, 1.807) is 20.8 Å². The molecule has 1 amide bonds. The van der Waals surface area contributed by atoms with Gasteiger partial charge in [-0.2, -0.15) is 0 Å². The first-order chi connectivity index (χ1) is 14.3. The monoisotopic (exact) mass is 453 g/mol. The molecule has 8 nitrogen and oxygen atoms in total. The van der Waals surface area contributed by atoms with Crippen LogP contribution in [0.25, 0.3) is 0 Å². The van der Waals surface area contributed by atoms with Crippen molar-refractivity contribution in [3.63, 3.8) is 0 Å². The molecule has 1 heterocycles. The maximum Gasteiger partial charge on any atom is 0.413 e. The lowest BCUT2D eigenvalue weighted by atomic mass is 10.2. The van der Waals surface area contributed by atoms with Gasteiger partial charge in [0.15, 0.2) is 5.11 Å². The number of alkyl halides is 3. The highest BCUT2D eigenvalue weighted by Crippen LogP contribution is 2.26. The SMILES string of the molecule is CCOC(=O)NC(=S)N(CCOC(CCF)C(F)F)c1c(C)c[nH]c1C(=O)OCC. The molecule has 0 radical (unpaired) electrons. The van der Waals surface area contributed by atoms with Crippen LogP contribution in [0, 0.1) is 6.92 Å². The fraction of sp³-hybridized carbons (Fsp3) is 0.611. The Labute approximate surface area is 178 Å². The molecule has 0 bridgehead atoms. The number of anilines is 1. The van der Waals surface area contributed by atoms with Gasteiger partial charge in [-0.1, -0.05) is 0 Å². The molecule has 0 aliphatic heterocycles. The van der Waals surface area contributed by atoms with Gasteiger partial charge in [0, 0.05) is 19.2 Å². The summed E-state index contributed by atoms with van der Waals surface area (Å²) in [5.74, 6) is -0.659. The predicted molar refractivity (Wildman–Crippen MR) is 108 cm³/mol. The zero-order valence-electron chi connectivity index (χ0n) is 17.0. The average Bonchev–Trinajstić information content (AvgIpc) is 3.05. The number of nitrogens with zero attached hydrogens (tertiary/aromatic N) is 1. The average molecular weight is 453 g/mol. The number of carbonyl (C=O) groups is 2. The number of hydrogen-bond acceptors (Lipinski definition) is 6. The summed E-state index contributed by atoms with van der Waals surface area (Å²) >= 11 is 5.25. The number of nitrogens with one attached hydrogen (secondary N) is 2. The Hall–Kier alpha value is -2.34. The van der Waals surface area contributed by atoms with Crippen molar-refractivity contribution in [3.8, 4) is 0 Å². The number of ether oxygens (including phenoxy) is 3. The Morgan fingerprint density at radius 2 is 1.93 bits per heavy atom. The fourth-order valence-electron chi connectivity index (χ4n) is 2.54. The molecular formula is C18H26F3N3O5S. The van der Waals surface area contributed by atoms with Gasteiger partial charge in [0.1, 0.15) is 11.8 Å². The third-order valence-electron chi connectivity index (χ3n) is 3.84. The highest BCUT2D eigenvalue weighted by atomic mass is 32.1. The Morgan fingerprint density at radius 1 is 1.27 bits per heavy atom. The third kappa shape index (κ3) is 7.48. The molecule has 0 fully saturated rings. The molecule has 1 rings (SSSR count). The van der Waals surface area contributed by atoms with Crippen LogP contribution in [0.2, 0.25) is 0 Å². The number of thiocarbonyl (C=S) groups is 1. The van der Waals surface area contributed by atoms with E-state index in [1.807, 2.05) is 0 Å². The molecule has 0 aliphatic rings. The van der Waals surface area contributed by atoms with E-state index >= 15 is 0 Å². The Morgan fingerprint density at radius 3 is 2.50 bits per heavy atom. The maximum atomic E-state index is 12.9. The van der Waals surface area contributed by atoms with Crippen LogP contribution >= 0.6 is 12.2 Å². The van der Waals surface area contributed by atoms with Crippen LogP contribution in [0.1, 0.15) is 36.3 Å². The van der Waals surface area contributed by atoms with Crippen molar-refractivity contribution in [2.45, 2.75) is 39.7 Å². The summed E-state index contributed by atoms with van der Waals surface area (Å²) in [5, 5.41) is 2.21. The second-order valence-corrected chi connectivity index (χ2v) is 6.33. The lowest BCUT2D eigenvalue weighted by Gasteiger charge is -2.27. The molecule has 2 N–H and O–H groups in total. The Balaban J connectivity index is 3.10. The summed E-state index contributed by atoms with van der Waals surface area (Å²) in [6.07, 6.45) is -4.18. The first kappa shape index (κ1) is 25.7. The van der Waals surface area contributed by atoms with Crippen LogP contribution in [0.15, 0.2) is 6.20 Å². The smallest absolute Gasteiger partial charge is 0.413 e. The number of hydrogen-bond donors (Lipinski definition) is 2. The molecule has 1 unspecified atom stereocenters. The number of alkyl carbamates (subject to hydrolysis) is 1. The second-order valence-electron chi connectivity index (χ2n) is 5.94. The van der Waals surface area contributed by atoms with Gasteiger partial charge in [0.2, 0.25) is 0 Å². The van der Waals surface area contributed by atoms with Crippen molar-refractivity contribution in [2.75, 3.05) is 37.9 Å². The lowest BCUT2D eigenvalue weighted by molar-refractivity contribution is -0.0588. The third-order valence-corrected chi connectivity index (χ3v) is 4.17. The van der Waals surface area contributed by atoms with Crippen molar-refractivity contribution >= 4 is 35.1 Å². The van der Waals surface area contributed by atoms with E-state index < -0.39 is 37.7 Å². The van der Waals surface area contributed by atoms with Crippen LogP contribution in [-0.4, -0.2) is 67.7 Å². The molecule has 12 heteroatoms. The van der Waals surface area contributed by atoms with Gasteiger partial charge in [-0.15, -0.1) is 0 Å². The highest BCUT2D eigenvalue weighted by molar-refractivity contribution is 7.80. The second kappa shape index (κ2) is 13.1. The minimum absolute atomic E-state index is 0.0662. The van der Waals surface area contributed by atoms with Gasteiger partial charge in [0.25, 0.3) is 6.43 Å². The number of H-pyrrole nitrogens is 1. The first-order valence-electron chi connectivity index (χ1n) is 9.32. The van der Waals surface area contributed by atoms with Gasteiger partial charge in [-0.05, 0) is 38.6 Å². The van der Waals surface area contributed by atoms with Crippen molar-refractivity contribution in [3.05, 3.63) is 17.5 Å². The predicted octanol–water partition coefficient (Wildman–Crippen LogP) is 3.35. The molecule has 1 aromatic heterocycles. The number of rotatable bonds is 11. The molecule has 0 saturated carbocycles. The number of aromatic amines is 1. The van der Waals surface area contributed by atoms with Gasteiger partial charge in [-0.3, -0.25) is 9.71 Å². The molecule has 0 aliphatic carbocycles. The standard InChI is InChI=1S/C18H26F3N3O5S/c1-4-27-16(25)13-14(11(3)10-22-13)24(17(30)23-18(26)28-5-2)8-9-29-12(6-7-19)15(20)21/h10,12,15,22H,4-9H2,1-3H3,(H,23,26,30). The van der Waals surface area contributed by atoms with Crippen LogP contribution in [0.5, 0.6) is 0 Å². The van der Waals surface area contributed by atoms with E-state index in [9.17, 15) is 22.8 Å². The summed E-state index contributed by atoms with van der Waals surface area (Å²) in [6, 6.07) is 0. The largest absolute Gasteiger partial charge is 0.461 e. The molecule has 0 aromatic carbocycles. The maximum absolute atomic E-state index is 12.9. The Kier molecular flexibility index (Phi) is 11.2. The topological polar surface area (TPSA) is 92.9 Å². The van der Waals surface area contributed by atoms with E-state index in [0.717, 1.165) is 0 Å². The summed E-state index contributed by atoms with van der Waals surface area (Å²) < 4.78 is 53.3. The van der Waals surface area contributed by atoms with Crippen LogP contribution in [0.4, 0.5) is 23.7 Å². The van der Waals surface area contributed by atoms with Crippen molar-refractivity contribution in [1.82, 2.24) is 10.3 Å². The first-order valence-corrected chi connectivity index (χ1v) is 9.73. The van der Waals surface area contributed by atoms with E-state index in [2.05, 4.69) is 10.3 Å². The van der Waals surface area contributed by atoms with Crippen LogP contribution < -0.4 is 10.2 Å². The Bertz CT molecular complexity index is 717. The van der Waals surface area contributed by atoms with Gasteiger partial charge in [-0.25, -0.2) is 18.4 Å². The summed E-state index contributed by atoms with van der Waals surface area (Å²) in [6.45, 7) is 3.84. The molecule has 0 spiro atoms. The molecule has 170 valence electrons. The lowest BCUT2D eigenvalue weighted by Crippen LogP contribution is -2.45. The number of halogens is 3.